The van der Waals surface area contributed by atoms with Crippen molar-refractivity contribution in [1.29, 1.82) is 0 Å². The molecule has 1 heterocycles. The molecular formula is C24H38IN5O2. The standard InChI is InChI=1S/C24H37N5O2.HI/c1-3-25-24(27-12-11-19-6-4-5-18(2)15-19)28-16-20-7-9-21(10-8-20)23(31)29-14-13-26-22(30)17-29;/h7-10,18-19H,3-6,11-17H2,1-2H3,(H,26,30)(H2,25,27,28);1H. The van der Waals surface area contributed by atoms with Gasteiger partial charge in [0.15, 0.2) is 5.96 Å². The van der Waals surface area contributed by atoms with Crippen LogP contribution in [0.3, 0.4) is 0 Å². The Bertz CT molecular complexity index is 768. The number of amides is 2. The van der Waals surface area contributed by atoms with E-state index in [0.29, 0.717) is 25.2 Å². The molecule has 2 unspecified atom stereocenters. The summed E-state index contributed by atoms with van der Waals surface area (Å²) in [4.78, 5) is 30.4. The lowest BCUT2D eigenvalue weighted by molar-refractivity contribution is -0.123. The van der Waals surface area contributed by atoms with Crippen molar-refractivity contribution in [2.45, 2.75) is 52.5 Å². The molecule has 1 aliphatic heterocycles. The van der Waals surface area contributed by atoms with Gasteiger partial charge >= 0.3 is 0 Å². The summed E-state index contributed by atoms with van der Waals surface area (Å²) < 4.78 is 0. The van der Waals surface area contributed by atoms with Crippen LogP contribution >= 0.6 is 24.0 Å². The molecule has 32 heavy (non-hydrogen) atoms. The minimum absolute atomic E-state index is 0. The number of carbonyl (C=O) groups excluding carboxylic acids is 2. The van der Waals surface area contributed by atoms with E-state index in [4.69, 9.17) is 4.99 Å². The predicted molar refractivity (Wildman–Crippen MR) is 139 cm³/mol. The molecule has 7 nitrogen and oxygen atoms in total. The zero-order valence-electron chi connectivity index (χ0n) is 19.4. The normalized spacial score (nSPS) is 21.4. The summed E-state index contributed by atoms with van der Waals surface area (Å²) in [6.45, 7) is 7.95. The Morgan fingerprint density at radius 1 is 1.22 bits per heavy atom. The molecule has 0 bridgehead atoms. The maximum atomic E-state index is 12.6. The van der Waals surface area contributed by atoms with Gasteiger partial charge in [0.1, 0.15) is 0 Å². The number of benzene rings is 1. The largest absolute Gasteiger partial charge is 0.357 e. The highest BCUT2D eigenvalue weighted by Crippen LogP contribution is 2.30. The van der Waals surface area contributed by atoms with Crippen LogP contribution in [0.5, 0.6) is 0 Å². The summed E-state index contributed by atoms with van der Waals surface area (Å²) in [5.74, 6) is 2.33. The van der Waals surface area contributed by atoms with Crippen molar-refractivity contribution in [2.75, 3.05) is 32.7 Å². The van der Waals surface area contributed by atoms with E-state index in [2.05, 4.69) is 29.8 Å². The predicted octanol–water partition coefficient (Wildman–Crippen LogP) is 3.15. The molecule has 1 aromatic rings. The number of hydrogen-bond acceptors (Lipinski definition) is 3. The Morgan fingerprint density at radius 3 is 2.69 bits per heavy atom. The zero-order valence-corrected chi connectivity index (χ0v) is 21.7. The van der Waals surface area contributed by atoms with Gasteiger partial charge < -0.3 is 20.9 Å². The molecule has 0 radical (unpaired) electrons. The van der Waals surface area contributed by atoms with Crippen molar-refractivity contribution in [3.8, 4) is 0 Å². The smallest absolute Gasteiger partial charge is 0.254 e. The number of hydrogen-bond donors (Lipinski definition) is 3. The van der Waals surface area contributed by atoms with Gasteiger partial charge in [0.25, 0.3) is 5.91 Å². The van der Waals surface area contributed by atoms with Gasteiger partial charge in [-0.1, -0.05) is 38.3 Å². The summed E-state index contributed by atoms with van der Waals surface area (Å²) >= 11 is 0. The van der Waals surface area contributed by atoms with Gasteiger partial charge in [0, 0.05) is 31.7 Å². The van der Waals surface area contributed by atoms with Gasteiger partial charge in [0.05, 0.1) is 13.1 Å². The van der Waals surface area contributed by atoms with Crippen LogP contribution < -0.4 is 16.0 Å². The monoisotopic (exact) mass is 555 g/mol. The van der Waals surface area contributed by atoms with Crippen LogP contribution in [0.1, 0.15) is 61.9 Å². The molecule has 0 aromatic heterocycles. The fourth-order valence-corrected chi connectivity index (χ4v) is 4.48. The molecule has 1 saturated carbocycles. The summed E-state index contributed by atoms with van der Waals surface area (Å²) in [7, 11) is 0. The van der Waals surface area contributed by atoms with E-state index in [1.807, 2.05) is 24.3 Å². The second-order valence-electron chi connectivity index (χ2n) is 8.82. The lowest BCUT2D eigenvalue weighted by Gasteiger charge is -2.27. The summed E-state index contributed by atoms with van der Waals surface area (Å²) in [5.41, 5.74) is 1.65. The van der Waals surface area contributed by atoms with Crippen molar-refractivity contribution >= 4 is 41.8 Å². The molecule has 1 aliphatic carbocycles. The average Bonchev–Trinajstić information content (AvgIpc) is 2.77. The van der Waals surface area contributed by atoms with Crippen LogP contribution in [0.25, 0.3) is 0 Å². The van der Waals surface area contributed by atoms with Crippen LogP contribution in [0.4, 0.5) is 0 Å². The van der Waals surface area contributed by atoms with Crippen LogP contribution in [0, 0.1) is 11.8 Å². The summed E-state index contributed by atoms with van der Waals surface area (Å²) in [6, 6.07) is 7.52. The third kappa shape index (κ3) is 8.26. The highest BCUT2D eigenvalue weighted by molar-refractivity contribution is 14.0. The third-order valence-electron chi connectivity index (χ3n) is 6.18. The van der Waals surface area contributed by atoms with Gasteiger partial charge in [0.2, 0.25) is 5.91 Å². The number of halogens is 1. The van der Waals surface area contributed by atoms with Crippen LogP contribution in [-0.4, -0.2) is 55.4 Å². The van der Waals surface area contributed by atoms with E-state index in [0.717, 1.165) is 36.4 Å². The number of piperazine rings is 1. The molecule has 1 aromatic carbocycles. The lowest BCUT2D eigenvalue weighted by Crippen LogP contribution is -2.49. The van der Waals surface area contributed by atoms with E-state index in [-0.39, 0.29) is 42.3 Å². The number of rotatable bonds is 7. The number of carbonyl (C=O) groups is 2. The Labute approximate surface area is 209 Å². The highest BCUT2D eigenvalue weighted by atomic mass is 127. The maximum absolute atomic E-state index is 12.6. The summed E-state index contributed by atoms with van der Waals surface area (Å²) in [5, 5.41) is 9.53. The molecule has 2 fully saturated rings. The minimum Gasteiger partial charge on any atom is -0.357 e. The van der Waals surface area contributed by atoms with E-state index >= 15 is 0 Å². The first-order valence-electron chi connectivity index (χ1n) is 11.7. The summed E-state index contributed by atoms with van der Waals surface area (Å²) in [6.07, 6.45) is 6.64. The molecular weight excluding hydrogens is 517 g/mol. The molecule has 2 amide bonds. The molecule has 3 rings (SSSR count). The highest BCUT2D eigenvalue weighted by Gasteiger charge is 2.22. The molecule has 178 valence electrons. The third-order valence-corrected chi connectivity index (χ3v) is 6.18. The quantitative estimate of drug-likeness (QED) is 0.274. The number of aliphatic imine (C=N–C) groups is 1. The van der Waals surface area contributed by atoms with Crippen LogP contribution in [-0.2, 0) is 11.3 Å². The van der Waals surface area contributed by atoms with E-state index in [1.54, 1.807) is 4.90 Å². The first-order valence-corrected chi connectivity index (χ1v) is 11.7. The SMILES string of the molecule is CCNC(=NCc1ccc(C(=O)N2CCNC(=O)C2)cc1)NCCC1CCCC(C)C1.I. The van der Waals surface area contributed by atoms with Crippen molar-refractivity contribution in [1.82, 2.24) is 20.9 Å². The number of guanidine groups is 1. The van der Waals surface area contributed by atoms with E-state index in [1.165, 1.54) is 32.1 Å². The minimum atomic E-state index is -0.105. The van der Waals surface area contributed by atoms with Gasteiger partial charge in [-0.15, -0.1) is 24.0 Å². The Hall–Kier alpha value is -1.84. The Balaban J connectivity index is 0.00000363. The zero-order chi connectivity index (χ0) is 22.1. The topological polar surface area (TPSA) is 85.8 Å². The Kier molecular flexibility index (Phi) is 11.3. The first kappa shape index (κ1) is 26.4. The van der Waals surface area contributed by atoms with Crippen molar-refractivity contribution in [3.05, 3.63) is 35.4 Å². The number of nitrogens with one attached hydrogen (secondary N) is 3. The molecule has 2 aliphatic rings. The fraction of sp³-hybridized carbons (Fsp3) is 0.625. The molecule has 1 saturated heterocycles. The van der Waals surface area contributed by atoms with Crippen molar-refractivity contribution in [3.63, 3.8) is 0 Å². The molecule has 8 heteroatoms. The van der Waals surface area contributed by atoms with Gasteiger partial charge in [-0.3, -0.25) is 9.59 Å². The lowest BCUT2D eigenvalue weighted by atomic mass is 9.81. The van der Waals surface area contributed by atoms with Crippen LogP contribution in [0.2, 0.25) is 0 Å². The number of nitrogens with zero attached hydrogens (tertiary/aromatic N) is 2. The molecule has 3 N–H and O–H groups in total. The van der Waals surface area contributed by atoms with Gasteiger partial charge in [-0.25, -0.2) is 4.99 Å². The second kappa shape index (κ2) is 13.6. The van der Waals surface area contributed by atoms with Crippen molar-refractivity contribution < 1.29 is 9.59 Å². The van der Waals surface area contributed by atoms with E-state index in [9.17, 15) is 9.59 Å². The van der Waals surface area contributed by atoms with Crippen LogP contribution in [0.15, 0.2) is 29.3 Å². The average molecular weight is 556 g/mol. The van der Waals surface area contributed by atoms with E-state index < -0.39 is 0 Å². The van der Waals surface area contributed by atoms with Gasteiger partial charge in [-0.2, -0.15) is 0 Å². The second-order valence-corrected chi connectivity index (χ2v) is 8.82. The van der Waals surface area contributed by atoms with Gasteiger partial charge in [-0.05, 0) is 49.3 Å². The Morgan fingerprint density at radius 2 is 2.00 bits per heavy atom. The maximum Gasteiger partial charge on any atom is 0.254 e. The van der Waals surface area contributed by atoms with Crippen molar-refractivity contribution in [2.24, 2.45) is 16.8 Å². The first-order chi connectivity index (χ1) is 15.0. The molecule has 0 spiro atoms. The fourth-order valence-electron chi connectivity index (χ4n) is 4.48. The molecule has 2 atom stereocenters.